The molecular formula is C9H9N3O3S. The van der Waals surface area contributed by atoms with Crippen LogP contribution in [0.2, 0.25) is 0 Å². The Balaban J connectivity index is 2.44. The number of oxazole rings is 1. The fraction of sp³-hybridized carbons (Fsp3) is 0.111. The van der Waals surface area contributed by atoms with Gasteiger partial charge >= 0.3 is 5.97 Å². The number of hydrogen-bond acceptors (Lipinski definition) is 7. The third-order valence-corrected chi connectivity index (χ3v) is 2.73. The maximum Gasteiger partial charge on any atom is 0.362 e. The molecule has 0 unspecified atom stereocenters. The highest BCUT2D eigenvalue weighted by Crippen LogP contribution is 2.28. The molecule has 6 nitrogen and oxygen atoms in total. The van der Waals surface area contributed by atoms with Gasteiger partial charge in [-0.25, -0.2) is 10.6 Å². The number of carbonyl (C=O) groups is 1. The zero-order valence-corrected chi connectivity index (χ0v) is 9.21. The molecule has 84 valence electrons. The molecule has 7 heteroatoms. The predicted octanol–water partition coefficient (Wildman–Crippen LogP) is 1.48. The van der Waals surface area contributed by atoms with Gasteiger partial charge in [0.2, 0.25) is 17.5 Å². The van der Waals surface area contributed by atoms with E-state index in [1.807, 2.05) is 17.5 Å². The summed E-state index contributed by atoms with van der Waals surface area (Å²) in [6, 6.07) is 3.69. The highest BCUT2D eigenvalue weighted by Gasteiger charge is 2.21. The van der Waals surface area contributed by atoms with Crippen LogP contribution in [0.4, 0.5) is 5.88 Å². The Kier molecular flexibility index (Phi) is 2.88. The highest BCUT2D eigenvalue weighted by molar-refractivity contribution is 7.13. The lowest BCUT2D eigenvalue weighted by Crippen LogP contribution is -2.11. The first-order valence-corrected chi connectivity index (χ1v) is 5.24. The molecule has 2 heterocycles. The lowest BCUT2D eigenvalue weighted by atomic mass is 10.4. The van der Waals surface area contributed by atoms with Gasteiger partial charge in [0.05, 0.1) is 12.0 Å². The number of nitrogens with zero attached hydrogens (tertiary/aromatic N) is 1. The summed E-state index contributed by atoms with van der Waals surface area (Å²) in [5.41, 5.74) is 2.30. The normalized spacial score (nSPS) is 10.1. The minimum Gasteiger partial charge on any atom is -0.464 e. The summed E-state index contributed by atoms with van der Waals surface area (Å²) in [6.07, 6.45) is 0. The van der Waals surface area contributed by atoms with Gasteiger partial charge in [-0.1, -0.05) is 6.07 Å². The fourth-order valence-electron chi connectivity index (χ4n) is 1.16. The Hall–Kier alpha value is -1.86. The SMILES string of the molecule is COC(=O)c1nc(-c2cccs2)oc1NN. The number of nitrogens with two attached hydrogens (primary N) is 1. The molecule has 16 heavy (non-hydrogen) atoms. The zero-order valence-electron chi connectivity index (χ0n) is 8.39. The second-order valence-electron chi connectivity index (χ2n) is 2.81. The number of hydrogen-bond donors (Lipinski definition) is 2. The van der Waals surface area contributed by atoms with E-state index < -0.39 is 5.97 Å². The van der Waals surface area contributed by atoms with Crippen LogP contribution in [0, 0.1) is 0 Å². The number of rotatable bonds is 3. The molecular weight excluding hydrogens is 230 g/mol. The first-order chi connectivity index (χ1) is 7.76. The summed E-state index contributed by atoms with van der Waals surface area (Å²) < 4.78 is 9.85. The highest BCUT2D eigenvalue weighted by atomic mass is 32.1. The van der Waals surface area contributed by atoms with Crippen LogP contribution < -0.4 is 11.3 Å². The van der Waals surface area contributed by atoms with Crippen molar-refractivity contribution in [2.24, 2.45) is 5.84 Å². The van der Waals surface area contributed by atoms with Gasteiger partial charge in [-0.15, -0.1) is 11.3 Å². The van der Waals surface area contributed by atoms with Crippen LogP contribution >= 0.6 is 11.3 Å². The predicted molar refractivity (Wildman–Crippen MR) is 59.0 cm³/mol. The van der Waals surface area contributed by atoms with E-state index in [9.17, 15) is 4.79 Å². The largest absolute Gasteiger partial charge is 0.464 e. The number of anilines is 1. The topological polar surface area (TPSA) is 90.4 Å². The molecule has 2 rings (SSSR count). The van der Waals surface area contributed by atoms with Crippen molar-refractivity contribution in [3.63, 3.8) is 0 Å². The number of hydrazine groups is 1. The van der Waals surface area contributed by atoms with E-state index in [0.29, 0.717) is 5.89 Å². The summed E-state index contributed by atoms with van der Waals surface area (Å²) in [4.78, 5) is 16.2. The van der Waals surface area contributed by atoms with Crippen molar-refractivity contribution in [1.82, 2.24) is 4.98 Å². The van der Waals surface area contributed by atoms with Gasteiger partial charge in [0.15, 0.2) is 0 Å². The molecule has 2 aromatic rings. The molecule has 0 aliphatic carbocycles. The molecule has 0 aliphatic heterocycles. The number of aromatic nitrogens is 1. The van der Waals surface area contributed by atoms with E-state index in [4.69, 9.17) is 10.3 Å². The first-order valence-electron chi connectivity index (χ1n) is 4.36. The van der Waals surface area contributed by atoms with Gasteiger partial charge in [-0.05, 0) is 11.4 Å². The van der Waals surface area contributed by atoms with E-state index in [-0.39, 0.29) is 11.6 Å². The van der Waals surface area contributed by atoms with Crippen molar-refractivity contribution >= 4 is 23.2 Å². The van der Waals surface area contributed by atoms with Gasteiger partial charge in [-0.3, -0.25) is 5.43 Å². The maximum atomic E-state index is 11.3. The monoisotopic (exact) mass is 239 g/mol. The fourth-order valence-corrected chi connectivity index (χ4v) is 1.81. The molecule has 0 atom stereocenters. The third kappa shape index (κ3) is 1.77. The summed E-state index contributed by atoms with van der Waals surface area (Å²) in [5.74, 6) is 5.05. The van der Waals surface area contributed by atoms with E-state index in [1.54, 1.807) is 0 Å². The number of thiophene rings is 1. The number of carbonyl (C=O) groups excluding carboxylic acids is 1. The Morgan fingerprint density at radius 3 is 3.06 bits per heavy atom. The van der Waals surface area contributed by atoms with E-state index in [1.165, 1.54) is 18.4 Å². The molecule has 0 fully saturated rings. The first kappa shape index (κ1) is 10.7. The summed E-state index contributed by atoms with van der Waals surface area (Å²) >= 11 is 1.45. The summed E-state index contributed by atoms with van der Waals surface area (Å²) in [7, 11) is 1.27. The molecule has 0 spiro atoms. The molecule has 3 N–H and O–H groups in total. The molecule has 0 saturated carbocycles. The van der Waals surface area contributed by atoms with Crippen LogP contribution in [-0.2, 0) is 4.74 Å². The van der Waals surface area contributed by atoms with Crippen molar-refractivity contribution < 1.29 is 13.9 Å². The van der Waals surface area contributed by atoms with Gasteiger partial charge in [-0.2, -0.15) is 4.98 Å². The van der Waals surface area contributed by atoms with Gasteiger partial charge < -0.3 is 9.15 Å². The second kappa shape index (κ2) is 4.33. The standard InChI is InChI=1S/C9H9N3O3S/c1-14-9(13)6-8(12-10)15-7(11-6)5-3-2-4-16-5/h2-4,12H,10H2,1H3. The summed E-state index contributed by atoms with van der Waals surface area (Å²) in [6.45, 7) is 0. The molecule has 0 saturated heterocycles. The van der Waals surface area contributed by atoms with E-state index >= 15 is 0 Å². The smallest absolute Gasteiger partial charge is 0.362 e. The Morgan fingerprint density at radius 2 is 2.50 bits per heavy atom. The molecule has 0 bridgehead atoms. The number of esters is 1. The average Bonchev–Trinajstić information content (AvgIpc) is 2.95. The molecule has 0 radical (unpaired) electrons. The number of methoxy groups -OCH3 is 1. The minimum atomic E-state index is -0.598. The summed E-state index contributed by atoms with van der Waals surface area (Å²) in [5, 5.41) is 1.88. The van der Waals surface area contributed by atoms with Gasteiger partial charge in [0.1, 0.15) is 0 Å². The quantitative estimate of drug-likeness (QED) is 0.479. The molecule has 2 aromatic heterocycles. The van der Waals surface area contributed by atoms with Gasteiger partial charge in [0.25, 0.3) is 0 Å². The lowest BCUT2D eigenvalue weighted by molar-refractivity contribution is 0.0595. The van der Waals surface area contributed by atoms with E-state index in [2.05, 4.69) is 15.1 Å². The average molecular weight is 239 g/mol. The molecule has 0 aliphatic rings. The Labute approximate surface area is 95.0 Å². The number of ether oxygens (including phenoxy) is 1. The van der Waals surface area contributed by atoms with Crippen LogP contribution in [0.3, 0.4) is 0 Å². The minimum absolute atomic E-state index is 0.0356. The van der Waals surface area contributed by atoms with Crippen molar-refractivity contribution in [2.45, 2.75) is 0 Å². The molecule has 0 aromatic carbocycles. The zero-order chi connectivity index (χ0) is 11.5. The molecule has 0 amide bonds. The van der Waals surface area contributed by atoms with Crippen molar-refractivity contribution in [2.75, 3.05) is 12.5 Å². The van der Waals surface area contributed by atoms with Crippen LogP contribution in [0.25, 0.3) is 10.8 Å². The number of nitrogens with one attached hydrogen (secondary N) is 1. The Morgan fingerprint density at radius 1 is 1.69 bits per heavy atom. The van der Waals surface area contributed by atoms with Crippen molar-refractivity contribution in [1.29, 1.82) is 0 Å². The van der Waals surface area contributed by atoms with Crippen LogP contribution in [0.5, 0.6) is 0 Å². The van der Waals surface area contributed by atoms with Crippen LogP contribution in [-0.4, -0.2) is 18.1 Å². The van der Waals surface area contributed by atoms with E-state index in [0.717, 1.165) is 4.88 Å². The third-order valence-electron chi connectivity index (χ3n) is 1.87. The van der Waals surface area contributed by atoms with Crippen molar-refractivity contribution in [3.05, 3.63) is 23.2 Å². The number of nitrogen functional groups attached to an aromatic ring is 1. The maximum absolute atomic E-state index is 11.3. The van der Waals surface area contributed by atoms with Crippen LogP contribution in [0.1, 0.15) is 10.5 Å². The van der Waals surface area contributed by atoms with Crippen molar-refractivity contribution in [3.8, 4) is 10.8 Å². The van der Waals surface area contributed by atoms with Gasteiger partial charge in [0, 0.05) is 0 Å². The Bertz CT molecular complexity index is 492. The van der Waals surface area contributed by atoms with Crippen LogP contribution in [0.15, 0.2) is 21.9 Å². The lowest BCUT2D eigenvalue weighted by Gasteiger charge is -1.95. The second-order valence-corrected chi connectivity index (χ2v) is 3.76.